The predicted molar refractivity (Wildman–Crippen MR) is 65.9 cm³/mol. The smallest absolute Gasteiger partial charge is 0.174 e. The lowest BCUT2D eigenvalue weighted by atomic mass is 10.0. The van der Waals surface area contributed by atoms with Gasteiger partial charge in [0.05, 0.1) is 0 Å². The van der Waals surface area contributed by atoms with Crippen LogP contribution in [0.5, 0.6) is 17.2 Å². The average molecular weight is 262 g/mol. The van der Waals surface area contributed by atoms with E-state index < -0.39 is 23.1 Å². The van der Waals surface area contributed by atoms with E-state index in [0.717, 1.165) is 12.1 Å². The molecule has 0 amide bonds. The molecule has 0 saturated heterocycles. The van der Waals surface area contributed by atoms with Gasteiger partial charge in [-0.15, -0.1) is 0 Å². The summed E-state index contributed by atoms with van der Waals surface area (Å²) in [6.45, 7) is 0. The number of rotatable bonds is 3. The van der Waals surface area contributed by atoms with Crippen LogP contribution < -0.4 is 0 Å². The molecular formula is C14H11FO4. The fraction of sp³-hybridized carbons (Fsp3) is 0.0714. The lowest BCUT2D eigenvalue weighted by molar-refractivity contribution is 0.0986. The number of carbonyl (C=O) groups is 1. The summed E-state index contributed by atoms with van der Waals surface area (Å²) in [6.07, 6.45) is -0.293. The third-order valence-electron chi connectivity index (χ3n) is 2.67. The second-order valence-electron chi connectivity index (χ2n) is 4.05. The SMILES string of the molecule is O=C(Cc1ccccc1F)c1c(O)cc(O)cc1O. The normalized spacial score (nSPS) is 10.4. The van der Waals surface area contributed by atoms with E-state index in [9.17, 15) is 19.4 Å². The number of halogens is 1. The number of benzene rings is 2. The third-order valence-corrected chi connectivity index (χ3v) is 2.67. The summed E-state index contributed by atoms with van der Waals surface area (Å²) in [4.78, 5) is 12.0. The first-order chi connectivity index (χ1) is 8.99. The summed E-state index contributed by atoms with van der Waals surface area (Å²) in [7, 11) is 0. The van der Waals surface area contributed by atoms with Crippen molar-refractivity contribution >= 4 is 5.78 Å². The van der Waals surface area contributed by atoms with Gasteiger partial charge in [0.2, 0.25) is 0 Å². The molecule has 0 aromatic heterocycles. The molecule has 4 nitrogen and oxygen atoms in total. The molecule has 19 heavy (non-hydrogen) atoms. The minimum atomic E-state index is -0.639. The van der Waals surface area contributed by atoms with Crippen molar-refractivity contribution in [2.24, 2.45) is 0 Å². The van der Waals surface area contributed by atoms with Crippen LogP contribution in [0.3, 0.4) is 0 Å². The van der Waals surface area contributed by atoms with Gasteiger partial charge in [-0.05, 0) is 11.6 Å². The molecule has 0 spiro atoms. The summed E-state index contributed by atoms with van der Waals surface area (Å²) in [5.74, 6) is -2.62. The molecule has 2 aromatic carbocycles. The van der Waals surface area contributed by atoms with Gasteiger partial charge in [-0.1, -0.05) is 18.2 Å². The van der Waals surface area contributed by atoms with Crippen LogP contribution in [-0.4, -0.2) is 21.1 Å². The van der Waals surface area contributed by atoms with Crippen LogP contribution in [0.4, 0.5) is 4.39 Å². The van der Waals surface area contributed by atoms with E-state index >= 15 is 0 Å². The van der Waals surface area contributed by atoms with Crippen molar-refractivity contribution in [3.63, 3.8) is 0 Å². The van der Waals surface area contributed by atoms with Crippen molar-refractivity contribution in [1.82, 2.24) is 0 Å². The van der Waals surface area contributed by atoms with E-state index in [1.165, 1.54) is 18.2 Å². The highest BCUT2D eigenvalue weighted by Gasteiger charge is 2.19. The third kappa shape index (κ3) is 2.65. The van der Waals surface area contributed by atoms with E-state index in [2.05, 4.69) is 0 Å². The quantitative estimate of drug-likeness (QED) is 0.742. The molecule has 0 heterocycles. The van der Waals surface area contributed by atoms with E-state index in [4.69, 9.17) is 5.11 Å². The molecule has 0 aliphatic rings. The maximum absolute atomic E-state index is 13.4. The Labute approximate surface area is 108 Å². The van der Waals surface area contributed by atoms with Gasteiger partial charge in [0.25, 0.3) is 0 Å². The van der Waals surface area contributed by atoms with Gasteiger partial charge >= 0.3 is 0 Å². The molecule has 0 radical (unpaired) electrons. The van der Waals surface area contributed by atoms with Crippen LogP contribution in [0.1, 0.15) is 15.9 Å². The maximum Gasteiger partial charge on any atom is 0.174 e. The summed E-state index contributed by atoms with van der Waals surface area (Å²) in [6, 6.07) is 7.63. The van der Waals surface area contributed by atoms with Crippen molar-refractivity contribution in [2.75, 3.05) is 0 Å². The lowest BCUT2D eigenvalue weighted by Crippen LogP contribution is -2.06. The molecule has 0 saturated carbocycles. The molecule has 0 fully saturated rings. The first-order valence-corrected chi connectivity index (χ1v) is 5.50. The Balaban J connectivity index is 2.34. The van der Waals surface area contributed by atoms with Gasteiger partial charge < -0.3 is 15.3 Å². The van der Waals surface area contributed by atoms with Crippen LogP contribution in [0.25, 0.3) is 0 Å². The average Bonchev–Trinajstić information content (AvgIpc) is 2.30. The van der Waals surface area contributed by atoms with Gasteiger partial charge in [-0.2, -0.15) is 0 Å². The Kier molecular flexibility index (Phi) is 3.37. The summed E-state index contributed by atoms with van der Waals surface area (Å²) in [5.41, 5.74) is -0.166. The fourth-order valence-electron chi connectivity index (χ4n) is 1.79. The molecular weight excluding hydrogens is 251 g/mol. The largest absolute Gasteiger partial charge is 0.508 e. The number of phenols is 3. The molecule has 2 aromatic rings. The molecule has 0 aliphatic heterocycles. The maximum atomic E-state index is 13.4. The highest BCUT2D eigenvalue weighted by atomic mass is 19.1. The summed E-state index contributed by atoms with van der Waals surface area (Å²) in [5, 5.41) is 28.3. The minimum absolute atomic E-state index is 0.166. The zero-order chi connectivity index (χ0) is 14.0. The molecule has 0 aliphatic carbocycles. The van der Waals surface area contributed by atoms with Crippen molar-refractivity contribution in [1.29, 1.82) is 0 Å². The number of hydrogen-bond donors (Lipinski definition) is 3. The molecule has 98 valence electrons. The highest BCUT2D eigenvalue weighted by Crippen LogP contribution is 2.32. The van der Waals surface area contributed by atoms with Crippen LogP contribution in [-0.2, 0) is 6.42 Å². The zero-order valence-corrected chi connectivity index (χ0v) is 9.80. The number of Topliss-reactive ketones (excluding diaryl/α,β-unsaturated/α-hetero) is 1. The van der Waals surface area contributed by atoms with Gasteiger partial charge in [0.15, 0.2) is 5.78 Å². The second-order valence-corrected chi connectivity index (χ2v) is 4.05. The molecule has 0 bridgehead atoms. The van der Waals surface area contributed by atoms with Gasteiger partial charge in [0.1, 0.15) is 28.6 Å². The van der Waals surface area contributed by atoms with Crippen molar-refractivity contribution < 1.29 is 24.5 Å². The molecule has 3 N–H and O–H groups in total. The number of carbonyl (C=O) groups excluding carboxylic acids is 1. The van der Waals surface area contributed by atoms with E-state index in [1.807, 2.05) is 0 Å². The molecule has 0 atom stereocenters. The van der Waals surface area contributed by atoms with Crippen LogP contribution in [0.15, 0.2) is 36.4 Å². The molecule has 2 rings (SSSR count). The Bertz CT molecular complexity index is 614. The Morgan fingerprint density at radius 3 is 2.21 bits per heavy atom. The van der Waals surface area contributed by atoms with E-state index in [1.54, 1.807) is 6.07 Å². The Morgan fingerprint density at radius 2 is 1.63 bits per heavy atom. The van der Waals surface area contributed by atoms with Crippen LogP contribution in [0, 0.1) is 5.82 Å². The van der Waals surface area contributed by atoms with Crippen molar-refractivity contribution in [2.45, 2.75) is 6.42 Å². The Morgan fingerprint density at radius 1 is 1.05 bits per heavy atom. The highest BCUT2D eigenvalue weighted by molar-refractivity contribution is 6.02. The summed E-state index contributed by atoms with van der Waals surface area (Å²) < 4.78 is 13.4. The summed E-state index contributed by atoms with van der Waals surface area (Å²) >= 11 is 0. The number of hydrogen-bond acceptors (Lipinski definition) is 4. The van der Waals surface area contributed by atoms with Gasteiger partial charge in [-0.3, -0.25) is 4.79 Å². The monoisotopic (exact) mass is 262 g/mol. The number of phenolic OH excluding ortho intramolecular Hbond substituents is 3. The number of ketones is 1. The molecule has 0 unspecified atom stereocenters. The standard InChI is InChI=1S/C14H11FO4/c15-10-4-2-1-3-8(10)5-11(17)14-12(18)6-9(16)7-13(14)19/h1-4,6-7,16,18-19H,5H2. The molecule has 5 heteroatoms. The Hall–Kier alpha value is -2.56. The predicted octanol–water partition coefficient (Wildman–Crippen LogP) is 2.37. The van der Waals surface area contributed by atoms with E-state index in [-0.39, 0.29) is 23.3 Å². The minimum Gasteiger partial charge on any atom is -0.508 e. The first kappa shape index (κ1) is 12.9. The lowest BCUT2D eigenvalue weighted by Gasteiger charge is -2.07. The van der Waals surface area contributed by atoms with Crippen molar-refractivity contribution in [3.05, 3.63) is 53.3 Å². The second kappa shape index (κ2) is 4.97. The van der Waals surface area contributed by atoms with Gasteiger partial charge in [-0.25, -0.2) is 4.39 Å². The van der Waals surface area contributed by atoms with Crippen molar-refractivity contribution in [3.8, 4) is 17.2 Å². The zero-order valence-electron chi connectivity index (χ0n) is 9.80. The first-order valence-electron chi connectivity index (χ1n) is 5.50. The fourth-order valence-corrected chi connectivity index (χ4v) is 1.79. The topological polar surface area (TPSA) is 77.8 Å². The van der Waals surface area contributed by atoms with Crippen LogP contribution in [0.2, 0.25) is 0 Å². The van der Waals surface area contributed by atoms with Crippen LogP contribution >= 0.6 is 0 Å². The number of aromatic hydroxyl groups is 3. The van der Waals surface area contributed by atoms with E-state index in [0.29, 0.717) is 0 Å². The van der Waals surface area contributed by atoms with Gasteiger partial charge in [0, 0.05) is 18.6 Å².